The lowest BCUT2D eigenvalue weighted by atomic mass is 9.79. The van der Waals surface area contributed by atoms with Gasteiger partial charge in [-0.1, -0.05) is 45.9 Å². The van der Waals surface area contributed by atoms with Crippen LogP contribution in [0, 0.1) is 17.8 Å². The maximum Gasteiger partial charge on any atom is 0.281 e. The van der Waals surface area contributed by atoms with E-state index in [9.17, 15) is 19.5 Å². The summed E-state index contributed by atoms with van der Waals surface area (Å²) in [5, 5.41) is 16.3. The smallest absolute Gasteiger partial charge is 0.281 e. The first-order chi connectivity index (χ1) is 20.4. The summed E-state index contributed by atoms with van der Waals surface area (Å²) < 4.78 is 7.43. The zero-order valence-corrected chi connectivity index (χ0v) is 28.1. The number of H-pyrrole nitrogens is 1. The number of aromatic nitrogens is 1. The third-order valence-corrected chi connectivity index (χ3v) is 10.9. The van der Waals surface area contributed by atoms with Gasteiger partial charge in [0.25, 0.3) is 11.8 Å². The van der Waals surface area contributed by atoms with Crippen molar-refractivity contribution < 1.29 is 24.2 Å². The molecule has 1 aromatic heterocycles. The van der Waals surface area contributed by atoms with Crippen molar-refractivity contribution in [3.05, 3.63) is 40.0 Å². The molecule has 1 aliphatic carbocycles. The number of nitrogens with one attached hydrogen (secondary N) is 2. The molecule has 3 fully saturated rings. The van der Waals surface area contributed by atoms with E-state index in [1.54, 1.807) is 18.7 Å². The number of benzene rings is 1. The Balaban J connectivity index is 0.00000343. The van der Waals surface area contributed by atoms with Crippen molar-refractivity contribution in [2.24, 2.45) is 17.8 Å². The van der Waals surface area contributed by atoms with Gasteiger partial charge in [-0.2, -0.15) is 0 Å². The molecule has 2 aromatic rings. The van der Waals surface area contributed by atoms with Crippen molar-refractivity contribution in [1.82, 2.24) is 25.0 Å². The Bertz CT molecular complexity index is 1580. The number of fused-ring (bicyclic) bond motifs is 5. The molecule has 0 spiro atoms. The molecule has 3 saturated heterocycles. The number of halogens is 2. The quantitative estimate of drug-likeness (QED) is 0.442. The molecule has 7 rings (SSSR count). The van der Waals surface area contributed by atoms with Crippen molar-refractivity contribution in [3.63, 3.8) is 0 Å². The van der Waals surface area contributed by atoms with Crippen molar-refractivity contribution in [1.29, 1.82) is 0 Å². The van der Waals surface area contributed by atoms with Crippen LogP contribution in [0.25, 0.3) is 16.5 Å². The van der Waals surface area contributed by atoms with E-state index >= 15 is 0 Å². The summed E-state index contributed by atoms with van der Waals surface area (Å²) in [5.41, 5.74) is 2.68. The summed E-state index contributed by atoms with van der Waals surface area (Å²) in [4.78, 5) is 50.8. The summed E-state index contributed by atoms with van der Waals surface area (Å²) >= 11 is 3.70. The van der Waals surface area contributed by atoms with Gasteiger partial charge in [0, 0.05) is 36.0 Å². The standard InChI is InChI=1S/C32H40BrN5O5.ClH/c1-16(2)12-24-29(40)37-11-7-10-25(37)32(42)38(24)30(41)31(43-32,17(3)4)35-28(39)18-13-20-19-8-6-9-22-26(19)21(27(33)34-22)14-23(20)36(5)15-18;/h6,8-9,13,16-18,23-25,34,42H,7,10-12,14-15H2,1-5H3,(H,35,39);1H/t18-,23-,24+,25+,31-,32+;/m1./s1. The van der Waals surface area contributed by atoms with Crippen LogP contribution in [-0.2, 0) is 25.5 Å². The summed E-state index contributed by atoms with van der Waals surface area (Å²) in [6.45, 7) is 8.57. The topological polar surface area (TPSA) is 118 Å². The molecule has 10 nitrogen and oxygen atoms in total. The molecular weight excluding hydrogens is 650 g/mol. The van der Waals surface area contributed by atoms with Crippen molar-refractivity contribution in [2.45, 2.75) is 83.1 Å². The van der Waals surface area contributed by atoms with Crippen LogP contribution < -0.4 is 5.32 Å². The number of hydrogen-bond acceptors (Lipinski definition) is 6. The molecule has 0 saturated carbocycles. The Morgan fingerprint density at radius 2 is 2.00 bits per heavy atom. The number of carbonyl (C=O) groups is 3. The highest BCUT2D eigenvalue weighted by Gasteiger charge is 2.72. The van der Waals surface area contributed by atoms with Crippen LogP contribution in [0.5, 0.6) is 0 Å². The molecule has 12 heteroatoms. The molecule has 4 aliphatic heterocycles. The van der Waals surface area contributed by atoms with Crippen molar-refractivity contribution >= 4 is 62.5 Å². The maximum atomic E-state index is 14.4. The van der Waals surface area contributed by atoms with E-state index in [4.69, 9.17) is 4.74 Å². The second-order valence-corrected chi connectivity index (χ2v) is 14.5. The van der Waals surface area contributed by atoms with Crippen LogP contribution >= 0.6 is 28.3 Å². The molecule has 3 N–H and O–H groups in total. The van der Waals surface area contributed by atoms with Gasteiger partial charge in [0.2, 0.25) is 17.5 Å². The van der Waals surface area contributed by atoms with E-state index in [1.165, 1.54) is 15.8 Å². The first kappa shape index (κ1) is 31.5. The van der Waals surface area contributed by atoms with Gasteiger partial charge < -0.3 is 20.3 Å². The number of amides is 3. The molecule has 1 aromatic carbocycles. The summed E-state index contributed by atoms with van der Waals surface area (Å²) in [6, 6.07) is 4.76. The lowest BCUT2D eigenvalue weighted by Crippen LogP contribution is -2.71. The Hall–Kier alpha value is -2.44. The van der Waals surface area contributed by atoms with E-state index in [0.717, 1.165) is 34.1 Å². The number of aromatic amines is 1. The van der Waals surface area contributed by atoms with Gasteiger partial charge in [0.15, 0.2) is 0 Å². The number of piperazine rings is 1. The molecule has 6 atom stereocenters. The first-order valence-electron chi connectivity index (χ1n) is 15.5. The highest BCUT2D eigenvalue weighted by molar-refractivity contribution is 9.10. The normalized spacial score (nSPS) is 33.0. The van der Waals surface area contributed by atoms with Gasteiger partial charge >= 0.3 is 0 Å². The average Bonchev–Trinajstić information content (AvgIpc) is 3.63. The fourth-order valence-electron chi connectivity index (χ4n) is 8.15. The van der Waals surface area contributed by atoms with E-state index in [0.29, 0.717) is 25.9 Å². The number of likely N-dealkylation sites (N-methyl/N-ethyl adjacent to an activating group) is 1. The van der Waals surface area contributed by atoms with Gasteiger partial charge in [-0.3, -0.25) is 28.9 Å². The predicted octanol–water partition coefficient (Wildman–Crippen LogP) is 3.61. The minimum atomic E-state index is -2.01. The van der Waals surface area contributed by atoms with E-state index in [1.807, 2.05) is 33.0 Å². The number of hydrogen-bond donors (Lipinski definition) is 3. The zero-order chi connectivity index (χ0) is 30.6. The average molecular weight is 691 g/mol. The maximum absolute atomic E-state index is 14.4. The van der Waals surface area contributed by atoms with Crippen LogP contribution in [0.2, 0.25) is 0 Å². The largest absolute Gasteiger partial charge is 0.349 e. The molecule has 238 valence electrons. The van der Waals surface area contributed by atoms with Crippen LogP contribution in [0.15, 0.2) is 28.9 Å². The number of carbonyl (C=O) groups excluding carboxylic acids is 3. The van der Waals surface area contributed by atoms with Gasteiger partial charge in [-0.15, -0.1) is 12.4 Å². The first-order valence-corrected chi connectivity index (χ1v) is 16.3. The van der Waals surface area contributed by atoms with Gasteiger partial charge in [-0.25, -0.2) is 0 Å². The minimum absolute atomic E-state index is 0. The molecule has 3 amide bonds. The molecular formula is C32H41BrClN5O5. The zero-order valence-electron chi connectivity index (χ0n) is 25.7. The predicted molar refractivity (Wildman–Crippen MR) is 171 cm³/mol. The van der Waals surface area contributed by atoms with Crippen molar-refractivity contribution in [3.8, 4) is 0 Å². The minimum Gasteiger partial charge on any atom is -0.349 e. The fourth-order valence-corrected chi connectivity index (χ4v) is 8.72. The summed E-state index contributed by atoms with van der Waals surface area (Å²) in [7, 11) is 2.03. The van der Waals surface area contributed by atoms with Crippen LogP contribution in [-0.4, -0.2) is 92.4 Å². The van der Waals surface area contributed by atoms with Crippen LogP contribution in [0.3, 0.4) is 0 Å². The van der Waals surface area contributed by atoms with Gasteiger partial charge in [0.05, 0.1) is 10.5 Å². The Labute approximate surface area is 272 Å². The molecule has 5 aliphatic rings. The lowest BCUT2D eigenvalue weighted by Gasteiger charge is -2.49. The molecule has 5 heterocycles. The highest BCUT2D eigenvalue weighted by Crippen LogP contribution is 2.49. The SMILES string of the molecule is CC(C)C[C@H]1C(=O)N2CCC[C@H]2[C@]2(O)O[C@](NC(=O)[C@@H]3C=C4c5cccc6[nH]c(Br)c(c56)C[C@H]4N(C)C3)(C(C)C)C(=O)N12.Cl. The summed E-state index contributed by atoms with van der Waals surface area (Å²) in [6.07, 6.45) is 4.49. The Kier molecular flexibility index (Phi) is 7.76. The number of ether oxygens (including phenoxy) is 1. The molecule has 0 bridgehead atoms. The molecule has 0 radical (unpaired) electrons. The van der Waals surface area contributed by atoms with E-state index in [-0.39, 0.29) is 36.2 Å². The van der Waals surface area contributed by atoms with Crippen LogP contribution in [0.4, 0.5) is 0 Å². The van der Waals surface area contributed by atoms with E-state index < -0.39 is 41.5 Å². The molecule has 0 unspecified atom stereocenters. The van der Waals surface area contributed by atoms with Crippen molar-refractivity contribution in [2.75, 3.05) is 20.1 Å². The second kappa shape index (κ2) is 10.8. The number of nitrogens with zero attached hydrogens (tertiary/aromatic N) is 3. The monoisotopic (exact) mass is 689 g/mol. The third kappa shape index (κ3) is 4.33. The highest BCUT2D eigenvalue weighted by atomic mass is 79.9. The second-order valence-electron chi connectivity index (χ2n) is 13.7. The van der Waals surface area contributed by atoms with Gasteiger partial charge in [-0.05, 0) is 77.3 Å². The van der Waals surface area contributed by atoms with E-state index in [2.05, 4.69) is 43.3 Å². The lowest BCUT2D eigenvalue weighted by molar-refractivity contribution is -0.322. The Morgan fingerprint density at radius 1 is 1.25 bits per heavy atom. The third-order valence-electron chi connectivity index (χ3n) is 10.3. The molecule has 44 heavy (non-hydrogen) atoms. The Morgan fingerprint density at radius 3 is 2.70 bits per heavy atom. The number of aliphatic hydroxyl groups is 1. The summed E-state index contributed by atoms with van der Waals surface area (Å²) in [5.74, 6) is -4.01. The van der Waals surface area contributed by atoms with Gasteiger partial charge in [0.1, 0.15) is 12.1 Å². The number of rotatable bonds is 5. The fraction of sp³-hybridized carbons (Fsp3) is 0.594. The van der Waals surface area contributed by atoms with Crippen LogP contribution in [0.1, 0.15) is 58.1 Å².